The molecule has 0 unspecified atom stereocenters. The van der Waals surface area contributed by atoms with Gasteiger partial charge in [-0.15, -0.1) is 11.8 Å². The van der Waals surface area contributed by atoms with Crippen LogP contribution in [-0.2, 0) is 0 Å². The molecule has 1 aliphatic carbocycles. The van der Waals surface area contributed by atoms with Crippen molar-refractivity contribution in [2.24, 2.45) is 5.92 Å². The number of benzene rings is 1. The molecule has 0 heterocycles. The van der Waals surface area contributed by atoms with Crippen LogP contribution in [0.5, 0.6) is 0 Å². The molecule has 0 bridgehead atoms. The molecule has 1 aliphatic rings. The predicted octanol–water partition coefficient (Wildman–Crippen LogP) is 4.02. The number of nitrogens with one attached hydrogen (secondary N) is 1. The van der Waals surface area contributed by atoms with Crippen molar-refractivity contribution < 1.29 is 5.11 Å². The van der Waals surface area contributed by atoms with Crippen LogP contribution in [0.15, 0.2) is 23.1 Å². The number of hydrogen-bond acceptors (Lipinski definition) is 4. The van der Waals surface area contributed by atoms with Crippen molar-refractivity contribution in [3.05, 3.63) is 23.8 Å². The second-order valence-corrected chi connectivity index (χ2v) is 6.77. The lowest BCUT2D eigenvalue weighted by atomic mass is 9.78. The Morgan fingerprint density at radius 1 is 1.43 bits per heavy atom. The number of anilines is 1. The fourth-order valence-electron chi connectivity index (χ4n) is 3.02. The molecule has 1 fully saturated rings. The van der Waals surface area contributed by atoms with Crippen LogP contribution in [0.25, 0.3) is 0 Å². The van der Waals surface area contributed by atoms with Gasteiger partial charge in [0.25, 0.3) is 0 Å². The van der Waals surface area contributed by atoms with E-state index in [-0.39, 0.29) is 0 Å². The van der Waals surface area contributed by atoms with E-state index in [1.807, 2.05) is 24.5 Å². The van der Waals surface area contributed by atoms with E-state index in [2.05, 4.69) is 18.3 Å². The van der Waals surface area contributed by atoms with Gasteiger partial charge in [0.15, 0.2) is 0 Å². The predicted molar refractivity (Wildman–Crippen MR) is 88.6 cm³/mol. The number of nitriles is 1. The van der Waals surface area contributed by atoms with Crippen LogP contribution in [0, 0.1) is 17.2 Å². The van der Waals surface area contributed by atoms with Crippen molar-refractivity contribution in [1.29, 1.82) is 5.26 Å². The molecule has 1 aromatic carbocycles. The Kier molecular flexibility index (Phi) is 5.55. The van der Waals surface area contributed by atoms with E-state index in [1.165, 1.54) is 6.42 Å². The van der Waals surface area contributed by atoms with E-state index >= 15 is 0 Å². The highest BCUT2D eigenvalue weighted by molar-refractivity contribution is 7.98. The highest BCUT2D eigenvalue weighted by atomic mass is 32.2. The largest absolute Gasteiger partial charge is 0.388 e. The number of hydrogen-bond donors (Lipinski definition) is 2. The third-order valence-corrected chi connectivity index (χ3v) is 5.36. The molecule has 4 heteroatoms. The number of aliphatic hydroxyl groups is 1. The topological polar surface area (TPSA) is 56.0 Å². The summed E-state index contributed by atoms with van der Waals surface area (Å²) in [7, 11) is 0. The van der Waals surface area contributed by atoms with Gasteiger partial charge in [-0.1, -0.05) is 19.4 Å². The number of thioether (sulfide) groups is 1. The van der Waals surface area contributed by atoms with Gasteiger partial charge in [-0.25, -0.2) is 0 Å². The monoisotopic (exact) mass is 304 g/mol. The van der Waals surface area contributed by atoms with Crippen LogP contribution in [-0.4, -0.2) is 23.5 Å². The molecule has 0 aromatic heterocycles. The second-order valence-electron chi connectivity index (χ2n) is 5.92. The molecule has 1 aromatic rings. The highest BCUT2D eigenvalue weighted by Crippen LogP contribution is 2.34. The van der Waals surface area contributed by atoms with Crippen LogP contribution >= 0.6 is 11.8 Å². The first-order chi connectivity index (χ1) is 10.1. The summed E-state index contributed by atoms with van der Waals surface area (Å²) in [5.41, 5.74) is 0.875. The Hall–Kier alpha value is -1.18. The summed E-state index contributed by atoms with van der Waals surface area (Å²) in [6, 6.07) is 8.09. The van der Waals surface area contributed by atoms with Gasteiger partial charge in [0.05, 0.1) is 16.9 Å². The molecule has 3 nitrogen and oxygen atoms in total. The van der Waals surface area contributed by atoms with E-state index < -0.39 is 5.60 Å². The number of nitrogens with zero attached hydrogens (tertiary/aromatic N) is 1. The van der Waals surface area contributed by atoms with Gasteiger partial charge in [0.1, 0.15) is 6.07 Å². The minimum atomic E-state index is -0.631. The van der Waals surface area contributed by atoms with E-state index in [1.54, 1.807) is 11.8 Å². The van der Waals surface area contributed by atoms with Gasteiger partial charge < -0.3 is 10.4 Å². The van der Waals surface area contributed by atoms with Crippen LogP contribution in [0.2, 0.25) is 0 Å². The maximum absolute atomic E-state index is 10.7. The Morgan fingerprint density at radius 2 is 2.14 bits per heavy atom. The molecule has 0 radical (unpaired) electrons. The Morgan fingerprint density at radius 3 is 2.71 bits per heavy atom. The molecule has 2 N–H and O–H groups in total. The molecule has 1 saturated carbocycles. The van der Waals surface area contributed by atoms with E-state index in [0.717, 1.165) is 42.2 Å². The molecule has 0 aliphatic heterocycles. The van der Waals surface area contributed by atoms with Gasteiger partial charge in [-0.3, -0.25) is 0 Å². The minimum Gasteiger partial charge on any atom is -0.388 e. The average Bonchev–Trinajstić information content (AvgIpc) is 2.53. The second kappa shape index (κ2) is 7.20. The molecular formula is C17H24N2OS. The molecule has 0 amide bonds. The summed E-state index contributed by atoms with van der Waals surface area (Å²) in [6.07, 6.45) is 7.08. The van der Waals surface area contributed by atoms with Crippen LogP contribution in [0.1, 0.15) is 44.6 Å². The van der Waals surface area contributed by atoms with E-state index in [4.69, 9.17) is 0 Å². The molecular weight excluding hydrogens is 280 g/mol. The lowest BCUT2D eigenvalue weighted by Crippen LogP contribution is -2.40. The number of rotatable bonds is 5. The standard InChI is InChI=1S/C17H24N2OS/c1-3-13-7-9-17(20,10-8-13)12-19-15-5-4-6-16(21-2)14(15)11-18/h4-6,13,19-20H,3,7-10,12H2,1-2H3. The molecule has 2 rings (SSSR count). The Balaban J connectivity index is 2.02. The van der Waals surface area contributed by atoms with Gasteiger partial charge in [-0.05, 0) is 50.0 Å². The molecule has 0 saturated heterocycles. The highest BCUT2D eigenvalue weighted by Gasteiger charge is 2.32. The first kappa shape index (κ1) is 16.2. The summed E-state index contributed by atoms with van der Waals surface area (Å²) < 4.78 is 0. The molecule has 114 valence electrons. The van der Waals surface area contributed by atoms with Crippen LogP contribution in [0.3, 0.4) is 0 Å². The zero-order valence-corrected chi connectivity index (χ0v) is 13.7. The Bertz CT molecular complexity index is 516. The van der Waals surface area contributed by atoms with Gasteiger partial charge in [0.2, 0.25) is 0 Å². The Labute approximate surface area is 131 Å². The molecule has 0 spiro atoms. The van der Waals surface area contributed by atoms with Crippen molar-refractivity contribution in [2.75, 3.05) is 18.1 Å². The summed E-state index contributed by atoms with van der Waals surface area (Å²) in [5.74, 6) is 0.764. The van der Waals surface area contributed by atoms with Crippen LogP contribution in [0.4, 0.5) is 5.69 Å². The quantitative estimate of drug-likeness (QED) is 0.807. The van der Waals surface area contributed by atoms with E-state index in [9.17, 15) is 10.4 Å². The van der Waals surface area contributed by atoms with Gasteiger partial charge in [0, 0.05) is 11.4 Å². The third-order valence-electron chi connectivity index (χ3n) is 4.58. The van der Waals surface area contributed by atoms with Crippen molar-refractivity contribution in [1.82, 2.24) is 0 Å². The van der Waals surface area contributed by atoms with Crippen LogP contribution < -0.4 is 5.32 Å². The van der Waals surface area contributed by atoms with Crippen molar-refractivity contribution >= 4 is 17.4 Å². The average molecular weight is 304 g/mol. The van der Waals surface area contributed by atoms with E-state index in [0.29, 0.717) is 12.1 Å². The summed E-state index contributed by atoms with van der Waals surface area (Å²) >= 11 is 1.57. The normalized spacial score (nSPS) is 25.3. The maximum Gasteiger partial charge on any atom is 0.102 e. The lowest BCUT2D eigenvalue weighted by molar-refractivity contribution is 0.00229. The lowest BCUT2D eigenvalue weighted by Gasteiger charge is -2.36. The molecule has 21 heavy (non-hydrogen) atoms. The molecule has 0 atom stereocenters. The minimum absolute atomic E-state index is 0.524. The first-order valence-electron chi connectivity index (χ1n) is 7.65. The summed E-state index contributed by atoms with van der Waals surface area (Å²) in [4.78, 5) is 0.976. The SMILES string of the molecule is CCC1CCC(O)(CNc2cccc(SC)c2C#N)CC1. The summed E-state index contributed by atoms with van der Waals surface area (Å²) in [5, 5.41) is 23.3. The smallest absolute Gasteiger partial charge is 0.102 e. The van der Waals surface area contributed by atoms with Crippen molar-refractivity contribution in [3.63, 3.8) is 0 Å². The van der Waals surface area contributed by atoms with Gasteiger partial charge in [-0.2, -0.15) is 5.26 Å². The third kappa shape index (κ3) is 3.93. The fraction of sp³-hybridized carbons (Fsp3) is 0.588. The first-order valence-corrected chi connectivity index (χ1v) is 8.87. The zero-order valence-electron chi connectivity index (χ0n) is 12.9. The van der Waals surface area contributed by atoms with Crippen molar-refractivity contribution in [3.8, 4) is 6.07 Å². The summed E-state index contributed by atoms with van der Waals surface area (Å²) in [6.45, 7) is 2.75. The van der Waals surface area contributed by atoms with Crippen molar-refractivity contribution in [2.45, 2.75) is 49.5 Å². The van der Waals surface area contributed by atoms with Gasteiger partial charge >= 0.3 is 0 Å². The zero-order chi connectivity index (χ0) is 15.3. The fourth-order valence-corrected chi connectivity index (χ4v) is 3.60. The maximum atomic E-state index is 10.7.